The maximum atomic E-state index is 15.5. The van der Waals surface area contributed by atoms with Gasteiger partial charge in [-0.15, -0.1) is 0 Å². The van der Waals surface area contributed by atoms with Crippen LogP contribution in [-0.4, -0.2) is 58.6 Å². The van der Waals surface area contributed by atoms with Gasteiger partial charge in [0, 0.05) is 29.8 Å². The van der Waals surface area contributed by atoms with Gasteiger partial charge in [0.2, 0.25) is 5.91 Å². The highest BCUT2D eigenvalue weighted by molar-refractivity contribution is 7.92. The summed E-state index contributed by atoms with van der Waals surface area (Å²) in [6.07, 6.45) is 4.20. The second-order valence-corrected chi connectivity index (χ2v) is 14.9. The highest BCUT2D eigenvalue weighted by Crippen LogP contribution is 2.49. The molecule has 0 saturated heterocycles. The minimum atomic E-state index is -5.64. The Morgan fingerprint density at radius 1 is 0.942 bits per heavy atom. The Morgan fingerprint density at radius 2 is 1.67 bits per heavy atom. The molecule has 3 aromatic rings. The van der Waals surface area contributed by atoms with Gasteiger partial charge in [0.05, 0.1) is 37.2 Å². The molecule has 3 aromatic carbocycles. The maximum absolute atomic E-state index is 15.5. The van der Waals surface area contributed by atoms with E-state index in [9.17, 15) is 36.0 Å². The van der Waals surface area contributed by atoms with Gasteiger partial charge in [0.1, 0.15) is 17.3 Å². The number of anilines is 1. The van der Waals surface area contributed by atoms with Crippen LogP contribution in [0.3, 0.4) is 0 Å². The second-order valence-electron chi connectivity index (χ2n) is 13.0. The smallest absolute Gasteiger partial charge is 0.496 e. The van der Waals surface area contributed by atoms with Crippen molar-refractivity contribution in [2.75, 3.05) is 26.1 Å². The standard InChI is InChI=1S/C37H40F4N2O8S/c1-4-5-15-51-32(44)14-13-21-9-10-22(17-30(21)49-2)27-19-28(31(50-3)20-29(27)38)35(45)43-34-24-12-11-23(16-24)33(34)36(46)42-25-7-6-8-26(18-25)52(47,48)37(39,40)41/h6-10,17-20,23-24,33-34H,4-5,11-16H2,1-3H3,(H,42,46)(H,43,45)/t23-,24+,33+,34-/m1/s1. The lowest BCUT2D eigenvalue weighted by Gasteiger charge is -2.31. The molecule has 0 aliphatic heterocycles. The fraction of sp³-hybridized carbons (Fsp3) is 0.432. The SMILES string of the molecule is CCCCOC(=O)CCc1ccc(-c2cc(C(=O)N[C@@H]3[C@H]4CC[C@H](C4)[C@@H]3C(=O)Nc3cccc(S(=O)(=O)C(F)(F)F)c3)c(OC)cc2F)cc1OC. The van der Waals surface area contributed by atoms with E-state index in [0.29, 0.717) is 42.7 Å². The third-order valence-corrected chi connectivity index (χ3v) is 11.2. The zero-order chi connectivity index (χ0) is 37.8. The molecule has 0 aromatic heterocycles. The fourth-order valence-electron chi connectivity index (χ4n) is 7.09. The number of esters is 1. The van der Waals surface area contributed by atoms with Gasteiger partial charge in [-0.3, -0.25) is 14.4 Å². The summed E-state index contributed by atoms with van der Waals surface area (Å²) in [7, 11) is -2.90. The van der Waals surface area contributed by atoms with E-state index in [-0.39, 0.29) is 46.8 Å². The number of carbonyl (C=O) groups is 3. The van der Waals surface area contributed by atoms with E-state index in [2.05, 4.69) is 10.6 Å². The molecule has 0 radical (unpaired) electrons. The number of halogens is 4. The molecule has 2 N–H and O–H groups in total. The molecule has 4 atom stereocenters. The summed E-state index contributed by atoms with van der Waals surface area (Å²) in [5.41, 5.74) is -4.47. The van der Waals surface area contributed by atoms with E-state index in [1.165, 1.54) is 26.4 Å². The Bertz CT molecular complexity index is 1930. The molecule has 0 unspecified atom stereocenters. The number of methoxy groups -OCH3 is 2. The van der Waals surface area contributed by atoms with Gasteiger partial charge < -0.3 is 24.8 Å². The third kappa shape index (κ3) is 8.19. The van der Waals surface area contributed by atoms with Crippen LogP contribution in [0.5, 0.6) is 11.5 Å². The number of amides is 2. The number of carbonyl (C=O) groups excluding carboxylic acids is 3. The van der Waals surface area contributed by atoms with Crippen LogP contribution in [0, 0.1) is 23.6 Å². The summed E-state index contributed by atoms with van der Waals surface area (Å²) in [5, 5.41) is 5.48. The minimum Gasteiger partial charge on any atom is -0.496 e. The second kappa shape index (κ2) is 15.9. The van der Waals surface area contributed by atoms with Gasteiger partial charge in [-0.2, -0.15) is 13.2 Å². The summed E-state index contributed by atoms with van der Waals surface area (Å²) in [4.78, 5) is 38.6. The topological polar surface area (TPSA) is 137 Å². The molecule has 2 fully saturated rings. The Balaban J connectivity index is 1.35. The maximum Gasteiger partial charge on any atom is 0.501 e. The molecule has 0 heterocycles. The number of unbranched alkanes of at least 4 members (excludes halogenated alkanes) is 1. The lowest BCUT2D eigenvalue weighted by Crippen LogP contribution is -2.48. The van der Waals surface area contributed by atoms with Crippen LogP contribution < -0.4 is 20.1 Å². The molecule has 280 valence electrons. The summed E-state index contributed by atoms with van der Waals surface area (Å²) in [6.45, 7) is 2.35. The van der Waals surface area contributed by atoms with Crippen LogP contribution in [0.4, 0.5) is 23.2 Å². The van der Waals surface area contributed by atoms with Crippen molar-refractivity contribution >= 4 is 33.3 Å². The van der Waals surface area contributed by atoms with Gasteiger partial charge >= 0.3 is 11.5 Å². The quantitative estimate of drug-likeness (QED) is 0.104. The van der Waals surface area contributed by atoms with E-state index in [1.54, 1.807) is 18.2 Å². The Kier molecular flexibility index (Phi) is 11.8. The highest BCUT2D eigenvalue weighted by atomic mass is 32.2. The number of sulfone groups is 1. The lowest BCUT2D eigenvalue weighted by atomic mass is 9.83. The van der Waals surface area contributed by atoms with Crippen molar-refractivity contribution < 1.29 is 54.6 Å². The van der Waals surface area contributed by atoms with E-state index in [1.807, 2.05) is 6.92 Å². The normalized spacial score (nSPS) is 19.6. The van der Waals surface area contributed by atoms with Crippen LogP contribution >= 0.6 is 0 Å². The van der Waals surface area contributed by atoms with Gasteiger partial charge in [0.25, 0.3) is 15.7 Å². The Labute approximate surface area is 299 Å². The van der Waals surface area contributed by atoms with Crippen LogP contribution in [0.2, 0.25) is 0 Å². The lowest BCUT2D eigenvalue weighted by molar-refractivity contribution is -0.143. The molecule has 2 saturated carbocycles. The Hall–Kier alpha value is -4.66. The first-order valence-corrected chi connectivity index (χ1v) is 18.4. The molecule has 2 aliphatic rings. The van der Waals surface area contributed by atoms with Crippen molar-refractivity contribution in [3.8, 4) is 22.6 Å². The molecular formula is C37H40F4N2O8S. The van der Waals surface area contributed by atoms with E-state index in [4.69, 9.17) is 14.2 Å². The van der Waals surface area contributed by atoms with Gasteiger partial charge in [-0.05, 0) is 85.4 Å². The number of benzene rings is 3. The number of hydrogen-bond acceptors (Lipinski definition) is 8. The predicted molar refractivity (Wildman–Crippen MR) is 183 cm³/mol. The number of alkyl halides is 3. The molecule has 2 amide bonds. The van der Waals surface area contributed by atoms with Crippen LogP contribution in [-0.2, 0) is 30.6 Å². The average molecular weight is 749 g/mol. The number of aryl methyl sites for hydroxylation is 1. The van der Waals surface area contributed by atoms with Crippen molar-refractivity contribution in [1.82, 2.24) is 5.32 Å². The van der Waals surface area contributed by atoms with Gasteiger partial charge in [0.15, 0.2) is 0 Å². The molecule has 2 aliphatic carbocycles. The third-order valence-electron chi connectivity index (χ3n) is 9.72. The molecule has 10 nitrogen and oxygen atoms in total. The van der Waals surface area contributed by atoms with E-state index < -0.39 is 49.8 Å². The first-order chi connectivity index (χ1) is 24.7. The molecule has 2 bridgehead atoms. The van der Waals surface area contributed by atoms with Crippen molar-refractivity contribution in [2.45, 2.75) is 68.3 Å². The summed E-state index contributed by atoms with van der Waals surface area (Å²) in [6, 6.07) is 10.7. The fourth-order valence-corrected chi connectivity index (χ4v) is 7.89. The van der Waals surface area contributed by atoms with Crippen LogP contribution in [0.1, 0.15) is 61.4 Å². The van der Waals surface area contributed by atoms with E-state index in [0.717, 1.165) is 43.5 Å². The van der Waals surface area contributed by atoms with Gasteiger partial charge in [-0.25, -0.2) is 12.8 Å². The number of ether oxygens (including phenoxy) is 3. The number of fused-ring (bicyclic) bond motifs is 2. The average Bonchev–Trinajstić information content (AvgIpc) is 3.72. The molecule has 5 rings (SSSR count). The molecular weight excluding hydrogens is 708 g/mol. The molecule has 0 spiro atoms. The van der Waals surface area contributed by atoms with Crippen LogP contribution in [0.15, 0.2) is 59.5 Å². The summed E-state index contributed by atoms with van der Waals surface area (Å²) in [5.74, 6) is -2.82. The number of hydrogen-bond donors (Lipinski definition) is 2. The van der Waals surface area contributed by atoms with E-state index >= 15 is 4.39 Å². The monoisotopic (exact) mass is 748 g/mol. The van der Waals surface area contributed by atoms with Crippen molar-refractivity contribution in [3.63, 3.8) is 0 Å². The Morgan fingerprint density at radius 3 is 2.37 bits per heavy atom. The molecule has 15 heteroatoms. The number of rotatable bonds is 14. The molecule has 52 heavy (non-hydrogen) atoms. The summed E-state index contributed by atoms with van der Waals surface area (Å²) < 4.78 is 95.0. The van der Waals surface area contributed by atoms with Crippen molar-refractivity contribution in [2.24, 2.45) is 17.8 Å². The first kappa shape index (κ1) is 38.6. The number of nitrogens with one attached hydrogen (secondary N) is 2. The summed E-state index contributed by atoms with van der Waals surface area (Å²) >= 11 is 0. The first-order valence-electron chi connectivity index (χ1n) is 16.9. The minimum absolute atomic E-state index is 0.00348. The zero-order valence-electron chi connectivity index (χ0n) is 28.8. The highest BCUT2D eigenvalue weighted by Gasteiger charge is 2.52. The van der Waals surface area contributed by atoms with Crippen molar-refractivity contribution in [1.29, 1.82) is 0 Å². The van der Waals surface area contributed by atoms with Crippen molar-refractivity contribution in [3.05, 3.63) is 71.5 Å². The van der Waals surface area contributed by atoms with Gasteiger partial charge in [-0.1, -0.05) is 31.5 Å². The van der Waals surface area contributed by atoms with Crippen LogP contribution in [0.25, 0.3) is 11.1 Å². The largest absolute Gasteiger partial charge is 0.501 e. The predicted octanol–water partition coefficient (Wildman–Crippen LogP) is 6.86. The zero-order valence-corrected chi connectivity index (χ0v) is 29.7.